The maximum Gasteiger partial charge on any atom is 0.350 e. The number of thiophene rings is 1. The normalized spacial score (nSPS) is 9.08. The number of hydrogen-bond acceptors (Lipinski definition) is 4. The monoisotopic (exact) mass is 241 g/mol. The molecule has 0 spiro atoms. The van der Waals surface area contributed by atoms with E-state index >= 15 is 0 Å². The van der Waals surface area contributed by atoms with Gasteiger partial charge in [-0.25, -0.2) is 4.79 Å². The number of halogens is 2. The Morgan fingerprint density at radius 1 is 1.77 bits per heavy atom. The fourth-order valence-electron chi connectivity index (χ4n) is 0.701. The Morgan fingerprint density at radius 2 is 2.38 bits per heavy atom. The SMILES string of the molecule is CCOC(=O)c1scc(Cl)c1N.Cl. The second-order valence-electron chi connectivity index (χ2n) is 2.05. The molecule has 74 valence electrons. The number of rotatable bonds is 2. The standard InChI is InChI=1S/C7H8ClNO2S.ClH/c1-2-11-7(10)6-5(9)4(8)3-12-6;/h3H,2,9H2,1H3;1H. The summed E-state index contributed by atoms with van der Waals surface area (Å²) in [4.78, 5) is 11.5. The maximum absolute atomic E-state index is 11.1. The van der Waals surface area contributed by atoms with Crippen LogP contribution in [0.5, 0.6) is 0 Å². The zero-order chi connectivity index (χ0) is 9.14. The van der Waals surface area contributed by atoms with Crippen LogP contribution in [0, 0.1) is 0 Å². The van der Waals surface area contributed by atoms with Crippen LogP contribution in [0.15, 0.2) is 5.38 Å². The molecule has 1 heterocycles. The van der Waals surface area contributed by atoms with Gasteiger partial charge in [-0.05, 0) is 6.92 Å². The first-order valence-electron chi connectivity index (χ1n) is 3.36. The van der Waals surface area contributed by atoms with Gasteiger partial charge in [-0.15, -0.1) is 23.7 Å². The summed E-state index contributed by atoms with van der Waals surface area (Å²) in [6, 6.07) is 0. The Balaban J connectivity index is 0.00000144. The molecule has 1 rings (SSSR count). The van der Waals surface area contributed by atoms with E-state index in [-0.39, 0.29) is 12.4 Å². The molecule has 0 radical (unpaired) electrons. The number of hydrogen-bond donors (Lipinski definition) is 1. The van der Waals surface area contributed by atoms with Gasteiger partial charge >= 0.3 is 5.97 Å². The van der Waals surface area contributed by atoms with Crippen molar-refractivity contribution in [1.82, 2.24) is 0 Å². The van der Waals surface area contributed by atoms with Gasteiger partial charge in [0.2, 0.25) is 0 Å². The Bertz CT molecular complexity index is 301. The first-order valence-corrected chi connectivity index (χ1v) is 4.62. The second kappa shape index (κ2) is 5.32. The summed E-state index contributed by atoms with van der Waals surface area (Å²) in [7, 11) is 0. The fraction of sp³-hybridized carbons (Fsp3) is 0.286. The zero-order valence-corrected chi connectivity index (χ0v) is 9.26. The molecule has 13 heavy (non-hydrogen) atoms. The van der Waals surface area contributed by atoms with Crippen molar-refractivity contribution in [2.75, 3.05) is 12.3 Å². The zero-order valence-electron chi connectivity index (χ0n) is 6.87. The third-order valence-electron chi connectivity index (χ3n) is 1.24. The van der Waals surface area contributed by atoms with E-state index in [9.17, 15) is 4.79 Å². The topological polar surface area (TPSA) is 52.3 Å². The molecule has 0 amide bonds. The van der Waals surface area contributed by atoms with Crippen LogP contribution in [0.4, 0.5) is 5.69 Å². The van der Waals surface area contributed by atoms with E-state index in [1.165, 1.54) is 11.3 Å². The summed E-state index contributed by atoms with van der Waals surface area (Å²) >= 11 is 6.84. The van der Waals surface area contributed by atoms with Gasteiger partial charge in [-0.3, -0.25) is 0 Å². The van der Waals surface area contributed by atoms with E-state index < -0.39 is 5.97 Å². The third-order valence-corrected chi connectivity index (χ3v) is 2.66. The minimum absolute atomic E-state index is 0. The fourth-order valence-corrected chi connectivity index (χ4v) is 1.73. The van der Waals surface area contributed by atoms with Crippen LogP contribution < -0.4 is 5.73 Å². The van der Waals surface area contributed by atoms with E-state index in [2.05, 4.69) is 0 Å². The molecule has 1 aromatic heterocycles. The van der Waals surface area contributed by atoms with Crippen LogP contribution in [0.3, 0.4) is 0 Å². The first kappa shape index (κ1) is 12.6. The third kappa shape index (κ3) is 2.76. The van der Waals surface area contributed by atoms with Crippen molar-refractivity contribution in [3.63, 3.8) is 0 Å². The Morgan fingerprint density at radius 3 is 2.77 bits per heavy atom. The van der Waals surface area contributed by atoms with Gasteiger partial charge < -0.3 is 10.5 Å². The van der Waals surface area contributed by atoms with E-state index in [1.807, 2.05) is 0 Å². The summed E-state index contributed by atoms with van der Waals surface area (Å²) in [5.74, 6) is -0.410. The number of esters is 1. The summed E-state index contributed by atoms with van der Waals surface area (Å²) in [6.45, 7) is 2.08. The lowest BCUT2D eigenvalue weighted by Crippen LogP contribution is -2.04. The lowest BCUT2D eigenvalue weighted by molar-refractivity contribution is 0.0533. The smallest absolute Gasteiger partial charge is 0.350 e. The van der Waals surface area contributed by atoms with Crippen molar-refractivity contribution in [3.05, 3.63) is 15.3 Å². The molecule has 3 nitrogen and oxygen atoms in total. The van der Waals surface area contributed by atoms with Gasteiger partial charge in [-0.1, -0.05) is 11.6 Å². The van der Waals surface area contributed by atoms with E-state index in [1.54, 1.807) is 12.3 Å². The molecule has 2 N–H and O–H groups in total. The summed E-state index contributed by atoms with van der Waals surface area (Å²) in [5.41, 5.74) is 5.82. The molecule has 0 saturated heterocycles. The Kier molecular flexibility index (Phi) is 5.13. The Hall–Kier alpha value is -0.450. The highest BCUT2D eigenvalue weighted by Gasteiger charge is 2.15. The molecule has 0 aromatic carbocycles. The van der Waals surface area contributed by atoms with Gasteiger partial charge in [0.15, 0.2) is 0 Å². The van der Waals surface area contributed by atoms with Crippen LogP contribution in [0.1, 0.15) is 16.6 Å². The van der Waals surface area contributed by atoms with Crippen LogP contribution >= 0.6 is 35.3 Å². The maximum atomic E-state index is 11.1. The van der Waals surface area contributed by atoms with Gasteiger partial charge in [-0.2, -0.15) is 0 Å². The highest BCUT2D eigenvalue weighted by Crippen LogP contribution is 2.29. The van der Waals surface area contributed by atoms with Gasteiger partial charge in [0.05, 0.1) is 17.3 Å². The number of carbonyl (C=O) groups excluding carboxylic acids is 1. The van der Waals surface area contributed by atoms with Crippen molar-refractivity contribution in [3.8, 4) is 0 Å². The average molecular weight is 242 g/mol. The predicted octanol–water partition coefficient (Wildman–Crippen LogP) is 2.58. The predicted molar refractivity (Wildman–Crippen MR) is 56.9 cm³/mol. The van der Waals surface area contributed by atoms with E-state index in [0.29, 0.717) is 22.2 Å². The Labute approximate surface area is 91.2 Å². The van der Waals surface area contributed by atoms with Gasteiger partial charge in [0.1, 0.15) is 4.88 Å². The van der Waals surface area contributed by atoms with E-state index in [0.717, 1.165) is 0 Å². The molecule has 0 aliphatic rings. The number of carbonyl (C=O) groups is 1. The molecule has 1 aromatic rings. The van der Waals surface area contributed by atoms with E-state index in [4.69, 9.17) is 22.1 Å². The highest BCUT2D eigenvalue weighted by atomic mass is 35.5. The molecular formula is C7H9Cl2NO2S. The molecule has 0 aliphatic heterocycles. The van der Waals surface area contributed by atoms with Crippen molar-refractivity contribution < 1.29 is 9.53 Å². The van der Waals surface area contributed by atoms with Crippen LogP contribution in [-0.2, 0) is 4.74 Å². The van der Waals surface area contributed by atoms with Crippen LogP contribution in [0.2, 0.25) is 5.02 Å². The molecule has 0 atom stereocenters. The molecule has 0 unspecified atom stereocenters. The summed E-state index contributed by atoms with van der Waals surface area (Å²) in [6.07, 6.45) is 0. The quantitative estimate of drug-likeness (QED) is 0.811. The van der Waals surface area contributed by atoms with Crippen molar-refractivity contribution in [1.29, 1.82) is 0 Å². The largest absolute Gasteiger partial charge is 0.462 e. The minimum atomic E-state index is -0.410. The lowest BCUT2D eigenvalue weighted by Gasteiger charge is -1.98. The molecule has 0 aliphatic carbocycles. The molecule has 0 saturated carbocycles. The summed E-state index contributed by atoms with van der Waals surface area (Å²) < 4.78 is 4.75. The average Bonchev–Trinajstić information content (AvgIpc) is 2.34. The van der Waals surface area contributed by atoms with Crippen molar-refractivity contribution in [2.24, 2.45) is 0 Å². The molecule has 0 fully saturated rings. The van der Waals surface area contributed by atoms with Crippen LogP contribution in [0.25, 0.3) is 0 Å². The lowest BCUT2D eigenvalue weighted by atomic mass is 10.4. The number of anilines is 1. The van der Waals surface area contributed by atoms with Crippen molar-refractivity contribution >= 4 is 47.0 Å². The molecule has 0 bridgehead atoms. The molecule has 6 heteroatoms. The van der Waals surface area contributed by atoms with Gasteiger partial charge in [0.25, 0.3) is 0 Å². The minimum Gasteiger partial charge on any atom is -0.462 e. The first-order chi connectivity index (χ1) is 5.66. The number of nitrogen functional groups attached to an aromatic ring is 1. The molecular weight excluding hydrogens is 233 g/mol. The highest BCUT2D eigenvalue weighted by molar-refractivity contribution is 7.13. The summed E-state index contributed by atoms with van der Waals surface area (Å²) in [5, 5.41) is 2.02. The second-order valence-corrected chi connectivity index (χ2v) is 3.33. The van der Waals surface area contributed by atoms with Crippen molar-refractivity contribution in [2.45, 2.75) is 6.92 Å². The van der Waals surface area contributed by atoms with Gasteiger partial charge in [0, 0.05) is 5.38 Å². The number of nitrogens with two attached hydrogens (primary N) is 1. The number of ether oxygens (including phenoxy) is 1. The van der Waals surface area contributed by atoms with Crippen LogP contribution in [-0.4, -0.2) is 12.6 Å².